The van der Waals surface area contributed by atoms with E-state index < -0.39 is 0 Å². The Balaban J connectivity index is 1.50. The zero-order valence-electron chi connectivity index (χ0n) is 14.2. The van der Waals surface area contributed by atoms with Crippen LogP contribution in [0.3, 0.4) is 0 Å². The molecular formula is C20H21NO4. The fourth-order valence-electron chi connectivity index (χ4n) is 2.85. The van der Waals surface area contributed by atoms with Crippen molar-refractivity contribution in [2.24, 2.45) is 0 Å². The van der Waals surface area contributed by atoms with Gasteiger partial charge in [0.25, 0.3) is 0 Å². The van der Waals surface area contributed by atoms with Gasteiger partial charge < -0.3 is 14.8 Å². The first-order chi connectivity index (χ1) is 12.2. The van der Waals surface area contributed by atoms with Crippen LogP contribution in [0.2, 0.25) is 0 Å². The van der Waals surface area contributed by atoms with E-state index in [1.54, 1.807) is 12.1 Å². The number of anilines is 1. The molecule has 0 atom stereocenters. The average molecular weight is 339 g/mol. The Hall–Kier alpha value is -2.82. The molecule has 5 heteroatoms. The van der Waals surface area contributed by atoms with Gasteiger partial charge in [-0.05, 0) is 48.2 Å². The minimum absolute atomic E-state index is 0.0421. The molecule has 0 saturated heterocycles. The number of carbonyl (C=O) groups excluding carboxylic acids is 2. The van der Waals surface area contributed by atoms with Crippen LogP contribution in [0.4, 0.5) is 5.69 Å². The van der Waals surface area contributed by atoms with Gasteiger partial charge in [0.15, 0.2) is 0 Å². The summed E-state index contributed by atoms with van der Waals surface area (Å²) in [6, 6.07) is 13.0. The summed E-state index contributed by atoms with van der Waals surface area (Å²) < 4.78 is 10.9. The molecule has 0 aromatic heterocycles. The van der Waals surface area contributed by atoms with E-state index in [0.717, 1.165) is 23.2 Å². The van der Waals surface area contributed by atoms with Crippen LogP contribution >= 0.6 is 0 Å². The van der Waals surface area contributed by atoms with E-state index in [2.05, 4.69) is 5.32 Å². The van der Waals surface area contributed by atoms with E-state index in [1.807, 2.05) is 37.3 Å². The van der Waals surface area contributed by atoms with Crippen molar-refractivity contribution in [2.45, 2.75) is 26.2 Å². The molecule has 130 valence electrons. The Labute approximate surface area is 147 Å². The maximum atomic E-state index is 12.1. The highest BCUT2D eigenvalue weighted by molar-refractivity contribution is 5.94. The maximum absolute atomic E-state index is 12.1. The zero-order chi connectivity index (χ0) is 17.6. The lowest BCUT2D eigenvalue weighted by Crippen LogP contribution is -2.19. The van der Waals surface area contributed by atoms with Gasteiger partial charge in [-0.1, -0.05) is 25.1 Å². The van der Waals surface area contributed by atoms with E-state index >= 15 is 0 Å². The highest BCUT2D eigenvalue weighted by Gasteiger charge is 2.15. The quantitative estimate of drug-likeness (QED) is 0.647. The summed E-state index contributed by atoms with van der Waals surface area (Å²) in [5.41, 5.74) is 3.48. The van der Waals surface area contributed by atoms with Gasteiger partial charge in [-0.3, -0.25) is 4.79 Å². The van der Waals surface area contributed by atoms with Crippen molar-refractivity contribution >= 4 is 17.6 Å². The fourth-order valence-corrected chi connectivity index (χ4v) is 2.85. The van der Waals surface area contributed by atoms with Crippen LogP contribution in [-0.4, -0.2) is 25.1 Å². The van der Waals surface area contributed by atoms with Gasteiger partial charge in [0.2, 0.25) is 5.91 Å². The minimum atomic E-state index is -0.325. The van der Waals surface area contributed by atoms with Gasteiger partial charge in [-0.25, -0.2) is 4.79 Å². The topological polar surface area (TPSA) is 64.6 Å². The van der Waals surface area contributed by atoms with Crippen LogP contribution in [-0.2, 0) is 22.4 Å². The molecule has 0 aliphatic carbocycles. The number of fused-ring (bicyclic) bond motifs is 1. The summed E-state index contributed by atoms with van der Waals surface area (Å²) in [7, 11) is 0. The number of rotatable bonds is 6. The molecule has 1 aliphatic heterocycles. The third kappa shape index (κ3) is 4.18. The fraction of sp³-hybridized carbons (Fsp3) is 0.300. The summed E-state index contributed by atoms with van der Waals surface area (Å²) >= 11 is 0. The molecule has 25 heavy (non-hydrogen) atoms. The third-order valence-electron chi connectivity index (χ3n) is 4.18. The average Bonchev–Trinajstić information content (AvgIpc) is 2.65. The van der Waals surface area contributed by atoms with E-state index in [9.17, 15) is 9.59 Å². The number of hydrogen-bond donors (Lipinski definition) is 1. The largest absolute Gasteiger partial charge is 0.490 e. The van der Waals surface area contributed by atoms with E-state index in [4.69, 9.17) is 9.47 Å². The van der Waals surface area contributed by atoms with Gasteiger partial charge >= 0.3 is 5.97 Å². The second-order valence-corrected chi connectivity index (χ2v) is 5.86. The molecule has 3 rings (SSSR count). The number of hydrogen-bond acceptors (Lipinski definition) is 4. The molecular weight excluding hydrogens is 318 g/mol. The molecule has 0 unspecified atom stereocenters. The van der Waals surface area contributed by atoms with Crippen LogP contribution in [0.25, 0.3) is 0 Å². The Morgan fingerprint density at radius 3 is 2.80 bits per heavy atom. The molecule has 2 aromatic carbocycles. The molecule has 1 heterocycles. The Morgan fingerprint density at radius 1 is 1.12 bits per heavy atom. The van der Waals surface area contributed by atoms with Gasteiger partial charge in [-0.2, -0.15) is 0 Å². The van der Waals surface area contributed by atoms with E-state index in [-0.39, 0.29) is 25.1 Å². The third-order valence-corrected chi connectivity index (χ3v) is 4.18. The number of ether oxygens (including phenoxy) is 2. The van der Waals surface area contributed by atoms with Crippen LogP contribution in [0.1, 0.15) is 34.8 Å². The van der Waals surface area contributed by atoms with Gasteiger partial charge in [0.1, 0.15) is 19.0 Å². The number of benzene rings is 2. The summed E-state index contributed by atoms with van der Waals surface area (Å²) in [6.07, 6.45) is 1.99. The van der Waals surface area contributed by atoms with Crippen LogP contribution in [0.5, 0.6) is 5.75 Å². The predicted molar refractivity (Wildman–Crippen MR) is 95.0 cm³/mol. The Bertz CT molecular complexity index is 785. The van der Waals surface area contributed by atoms with Gasteiger partial charge in [0, 0.05) is 12.1 Å². The summed E-state index contributed by atoms with van der Waals surface area (Å²) in [6.45, 7) is 2.48. The highest BCUT2D eigenvalue weighted by atomic mass is 16.6. The first-order valence-corrected chi connectivity index (χ1v) is 8.48. The summed E-state index contributed by atoms with van der Waals surface area (Å²) in [5.74, 6) is 0.426. The number of aryl methyl sites for hydroxylation is 2. The van der Waals surface area contributed by atoms with Crippen LogP contribution in [0.15, 0.2) is 42.5 Å². The molecule has 0 radical (unpaired) electrons. The van der Waals surface area contributed by atoms with Crippen molar-refractivity contribution in [1.82, 2.24) is 0 Å². The normalized spacial score (nSPS) is 12.9. The number of amides is 1. The van der Waals surface area contributed by atoms with E-state index in [1.165, 1.54) is 0 Å². The summed E-state index contributed by atoms with van der Waals surface area (Å²) in [4.78, 5) is 23.5. The van der Waals surface area contributed by atoms with Crippen LogP contribution < -0.4 is 10.1 Å². The number of nitrogens with one attached hydrogen (secondary N) is 1. The lowest BCUT2D eigenvalue weighted by Gasteiger charge is -2.17. The second-order valence-electron chi connectivity index (χ2n) is 5.86. The van der Waals surface area contributed by atoms with Gasteiger partial charge in [-0.15, -0.1) is 0 Å². The molecule has 0 bridgehead atoms. The van der Waals surface area contributed by atoms with Crippen molar-refractivity contribution in [3.05, 3.63) is 59.2 Å². The lowest BCUT2D eigenvalue weighted by molar-refractivity contribution is -0.116. The number of esters is 1. The molecule has 2 aromatic rings. The first-order valence-electron chi connectivity index (χ1n) is 8.48. The highest BCUT2D eigenvalue weighted by Crippen LogP contribution is 2.26. The smallest absolute Gasteiger partial charge is 0.338 e. The first kappa shape index (κ1) is 17.0. The summed E-state index contributed by atoms with van der Waals surface area (Å²) in [5, 5.41) is 2.83. The van der Waals surface area contributed by atoms with Crippen molar-refractivity contribution in [2.75, 3.05) is 18.5 Å². The standard InChI is InChI=1S/C20H21NO4/c1-2-14-5-3-4-6-17(14)20(23)25-12-11-24-16-8-9-18-15(13-16)7-10-19(22)21-18/h3-6,8-9,13H,2,7,10-12H2,1H3,(H,21,22). The van der Waals surface area contributed by atoms with Crippen molar-refractivity contribution in [1.29, 1.82) is 0 Å². The van der Waals surface area contributed by atoms with Gasteiger partial charge in [0.05, 0.1) is 5.56 Å². The maximum Gasteiger partial charge on any atom is 0.338 e. The molecule has 0 fully saturated rings. The molecule has 1 amide bonds. The monoisotopic (exact) mass is 339 g/mol. The minimum Gasteiger partial charge on any atom is -0.490 e. The molecule has 0 saturated carbocycles. The van der Waals surface area contributed by atoms with E-state index in [0.29, 0.717) is 24.2 Å². The second kappa shape index (κ2) is 7.83. The molecule has 1 aliphatic rings. The zero-order valence-corrected chi connectivity index (χ0v) is 14.2. The SMILES string of the molecule is CCc1ccccc1C(=O)OCCOc1ccc2c(c1)CCC(=O)N2. The lowest BCUT2D eigenvalue weighted by atomic mass is 10.0. The van der Waals surface area contributed by atoms with Crippen molar-refractivity contribution < 1.29 is 19.1 Å². The number of carbonyl (C=O) groups is 2. The molecule has 5 nitrogen and oxygen atoms in total. The Morgan fingerprint density at radius 2 is 1.96 bits per heavy atom. The molecule has 1 N–H and O–H groups in total. The van der Waals surface area contributed by atoms with Crippen molar-refractivity contribution in [3.8, 4) is 5.75 Å². The van der Waals surface area contributed by atoms with Crippen LogP contribution in [0, 0.1) is 0 Å². The van der Waals surface area contributed by atoms with Crippen molar-refractivity contribution in [3.63, 3.8) is 0 Å². The predicted octanol–water partition coefficient (Wildman–Crippen LogP) is 3.37. The molecule has 0 spiro atoms. The Kier molecular flexibility index (Phi) is 5.33.